The molecule has 0 N–H and O–H groups in total. The van der Waals surface area contributed by atoms with Crippen molar-refractivity contribution < 1.29 is 19.5 Å². The van der Waals surface area contributed by atoms with Gasteiger partial charge in [-0.15, -0.1) is 0 Å². The Balaban J connectivity index is -0.000000295. The van der Waals surface area contributed by atoms with Gasteiger partial charge in [0.2, 0.25) is 0 Å². The Kier molecular flexibility index (Phi) is 14.5. The SMILES string of the molecule is CCN(C(=S)[S-])C(C)(C)C.CCN(C(=S)[S-])C(C)(C)C.[Zn+2]. The third kappa shape index (κ3) is 12.0. The maximum Gasteiger partial charge on any atom is 2.00 e. The summed E-state index contributed by atoms with van der Waals surface area (Å²) in [7, 11) is 0. The zero-order valence-electron chi connectivity index (χ0n) is 14.6. The Morgan fingerprint density at radius 3 is 0.952 bits per heavy atom. The molecule has 0 fully saturated rings. The van der Waals surface area contributed by atoms with E-state index in [0.717, 1.165) is 13.1 Å². The van der Waals surface area contributed by atoms with Gasteiger partial charge < -0.3 is 59.5 Å². The third-order valence-corrected chi connectivity index (χ3v) is 3.57. The first-order chi connectivity index (χ1) is 8.78. The van der Waals surface area contributed by atoms with E-state index in [1.807, 2.05) is 9.80 Å². The average Bonchev–Trinajstić information content (AvgIpc) is 2.13. The third-order valence-electron chi connectivity index (χ3n) is 2.69. The monoisotopic (exact) mass is 416 g/mol. The molecule has 0 aromatic heterocycles. The maximum absolute atomic E-state index is 4.90. The summed E-state index contributed by atoms with van der Waals surface area (Å²) in [5.74, 6) is 0. The van der Waals surface area contributed by atoms with Gasteiger partial charge in [-0.05, 0) is 55.4 Å². The fourth-order valence-corrected chi connectivity index (χ4v) is 3.37. The smallest absolute Gasteiger partial charge is 0.411 e. The molecule has 0 spiro atoms. The van der Waals surface area contributed by atoms with E-state index >= 15 is 0 Å². The molecular weight excluding hydrogens is 390 g/mol. The molecule has 2 nitrogen and oxygen atoms in total. The Morgan fingerprint density at radius 1 is 0.762 bits per heavy atom. The van der Waals surface area contributed by atoms with E-state index in [4.69, 9.17) is 49.7 Å². The van der Waals surface area contributed by atoms with Crippen LogP contribution in [0.15, 0.2) is 0 Å². The predicted octanol–water partition coefficient (Wildman–Crippen LogP) is 3.87. The van der Waals surface area contributed by atoms with Gasteiger partial charge >= 0.3 is 19.5 Å². The second-order valence-corrected chi connectivity index (χ2v) is 8.43. The second-order valence-electron chi connectivity index (χ2n) is 6.36. The first-order valence-corrected chi connectivity index (χ1v) is 8.39. The van der Waals surface area contributed by atoms with E-state index in [9.17, 15) is 0 Å². The van der Waals surface area contributed by atoms with Crippen molar-refractivity contribution in [2.75, 3.05) is 13.1 Å². The molecule has 0 aliphatic carbocycles. The summed E-state index contributed by atoms with van der Waals surface area (Å²) in [5, 5.41) is 0. The van der Waals surface area contributed by atoms with Crippen LogP contribution in [0.3, 0.4) is 0 Å². The molecule has 0 saturated carbocycles. The number of hydrogen-bond acceptors (Lipinski definition) is 4. The van der Waals surface area contributed by atoms with Gasteiger partial charge in [-0.1, -0.05) is 8.64 Å². The first-order valence-electron chi connectivity index (χ1n) is 6.76. The number of hydrogen-bond donors (Lipinski definition) is 0. The van der Waals surface area contributed by atoms with Crippen LogP contribution in [0, 0.1) is 0 Å². The van der Waals surface area contributed by atoms with E-state index in [1.165, 1.54) is 0 Å². The molecule has 0 bridgehead atoms. The Morgan fingerprint density at radius 2 is 0.952 bits per heavy atom. The molecule has 21 heavy (non-hydrogen) atoms. The molecule has 0 aliphatic rings. The fraction of sp³-hybridized carbons (Fsp3) is 0.857. The van der Waals surface area contributed by atoms with Crippen LogP contribution in [0.1, 0.15) is 55.4 Å². The van der Waals surface area contributed by atoms with Crippen LogP contribution >= 0.6 is 24.4 Å². The normalized spacial score (nSPS) is 10.7. The number of rotatable bonds is 2. The van der Waals surface area contributed by atoms with Gasteiger partial charge in [0.1, 0.15) is 0 Å². The Labute approximate surface area is 166 Å². The van der Waals surface area contributed by atoms with Crippen LogP contribution in [-0.2, 0) is 44.7 Å². The zero-order valence-corrected chi connectivity index (χ0v) is 20.9. The van der Waals surface area contributed by atoms with Gasteiger partial charge in [0.05, 0.1) is 0 Å². The number of nitrogens with zero attached hydrogens (tertiary/aromatic N) is 2. The largest absolute Gasteiger partial charge is 2.00 e. The first kappa shape index (κ1) is 26.7. The maximum atomic E-state index is 4.90. The van der Waals surface area contributed by atoms with E-state index in [-0.39, 0.29) is 30.6 Å². The number of thiocarbonyl (C=S) groups is 2. The van der Waals surface area contributed by atoms with Crippen molar-refractivity contribution in [2.45, 2.75) is 66.5 Å². The van der Waals surface area contributed by atoms with Crippen LogP contribution in [0.4, 0.5) is 0 Å². The van der Waals surface area contributed by atoms with Crippen LogP contribution in [0.25, 0.3) is 0 Å². The minimum absolute atomic E-state index is 0. The minimum atomic E-state index is 0. The molecule has 0 radical (unpaired) electrons. The quantitative estimate of drug-likeness (QED) is 0.379. The fourth-order valence-electron chi connectivity index (χ4n) is 1.75. The van der Waals surface area contributed by atoms with Crippen LogP contribution < -0.4 is 0 Å². The summed E-state index contributed by atoms with van der Waals surface area (Å²) in [6, 6.07) is 0. The molecule has 0 atom stereocenters. The molecule has 120 valence electrons. The summed E-state index contributed by atoms with van der Waals surface area (Å²) in [4.78, 5) is 4.05. The van der Waals surface area contributed by atoms with Crippen molar-refractivity contribution in [2.24, 2.45) is 0 Å². The van der Waals surface area contributed by atoms with Gasteiger partial charge in [-0.25, -0.2) is 0 Å². The van der Waals surface area contributed by atoms with E-state index in [1.54, 1.807) is 0 Å². The molecule has 0 saturated heterocycles. The molecule has 0 amide bonds. The van der Waals surface area contributed by atoms with Crippen molar-refractivity contribution in [3.05, 3.63) is 0 Å². The van der Waals surface area contributed by atoms with Crippen molar-refractivity contribution in [1.29, 1.82) is 0 Å². The van der Waals surface area contributed by atoms with Gasteiger partial charge in [-0.3, -0.25) is 0 Å². The van der Waals surface area contributed by atoms with Gasteiger partial charge in [0, 0.05) is 24.2 Å². The van der Waals surface area contributed by atoms with E-state index < -0.39 is 0 Å². The standard InChI is InChI=1S/2C7H15NS2.Zn/c2*1-5-8(6(9)10)7(2,3)4;/h2*5H2,1-4H3,(H,9,10);/q;;+2/p-2. The predicted molar refractivity (Wildman–Crippen MR) is 104 cm³/mol. The van der Waals surface area contributed by atoms with E-state index in [2.05, 4.69) is 55.4 Å². The average molecular weight is 418 g/mol. The van der Waals surface area contributed by atoms with Crippen molar-refractivity contribution in [1.82, 2.24) is 9.80 Å². The molecule has 0 heterocycles. The van der Waals surface area contributed by atoms with Crippen LogP contribution in [-0.4, -0.2) is 42.6 Å². The summed E-state index contributed by atoms with van der Waals surface area (Å²) in [6.45, 7) is 18.5. The Hall–Kier alpha value is 0.843. The van der Waals surface area contributed by atoms with Gasteiger partial charge in [0.15, 0.2) is 0 Å². The zero-order chi connectivity index (χ0) is 16.7. The summed E-state index contributed by atoms with van der Waals surface area (Å²) in [5.41, 5.74) is 0.154. The molecule has 0 aromatic carbocycles. The van der Waals surface area contributed by atoms with Crippen LogP contribution in [0.2, 0.25) is 0 Å². The van der Waals surface area contributed by atoms with Crippen molar-refractivity contribution in [3.8, 4) is 0 Å². The van der Waals surface area contributed by atoms with E-state index in [0.29, 0.717) is 8.64 Å². The molecule has 0 aliphatic heterocycles. The topological polar surface area (TPSA) is 6.48 Å². The summed E-state index contributed by atoms with van der Waals surface area (Å²) < 4.78 is 1.13. The van der Waals surface area contributed by atoms with Crippen molar-refractivity contribution in [3.63, 3.8) is 0 Å². The van der Waals surface area contributed by atoms with Crippen LogP contribution in [0.5, 0.6) is 0 Å². The second kappa shape index (κ2) is 11.4. The molecule has 7 heteroatoms. The molecule has 0 aromatic rings. The Bertz CT molecular complexity index is 290. The van der Waals surface area contributed by atoms with Gasteiger partial charge in [0.25, 0.3) is 0 Å². The molecular formula is C14H28N2S4Zn. The summed E-state index contributed by atoms with van der Waals surface area (Å²) >= 11 is 19.6. The molecule has 0 rings (SSSR count). The molecule has 0 unspecified atom stereocenters. The van der Waals surface area contributed by atoms with Gasteiger partial charge in [-0.2, -0.15) is 0 Å². The van der Waals surface area contributed by atoms with Crippen molar-refractivity contribution >= 4 is 58.3 Å². The minimum Gasteiger partial charge on any atom is -0.411 e. The summed E-state index contributed by atoms with van der Waals surface area (Å²) in [6.07, 6.45) is 0.